The molecule has 22 heavy (non-hydrogen) atoms. The first kappa shape index (κ1) is 19.5. The lowest BCUT2D eigenvalue weighted by Gasteiger charge is -2.49. The van der Waals surface area contributed by atoms with Crippen LogP contribution < -0.4 is 0 Å². The van der Waals surface area contributed by atoms with Crippen molar-refractivity contribution >= 4 is 15.1 Å². The summed E-state index contributed by atoms with van der Waals surface area (Å²) < 4.78 is 11.5. The molecule has 1 aliphatic rings. The number of hydrogen-bond acceptors (Lipinski definition) is 4. The quantitative estimate of drug-likeness (QED) is 0.808. The number of likely N-dealkylation sites (tertiary alicyclic amines) is 1. The largest absolute Gasteiger partial charge is 0.444 e. The Kier molecular flexibility index (Phi) is 5.74. The van der Waals surface area contributed by atoms with E-state index in [0.29, 0.717) is 19.6 Å². The number of ether oxygens (including phenoxy) is 1. The zero-order valence-electron chi connectivity index (χ0n) is 15.4. The summed E-state index contributed by atoms with van der Waals surface area (Å²) in [6.07, 6.45) is -0.416. The molecule has 0 saturated carbocycles. The zero-order chi connectivity index (χ0) is 17.3. The third kappa shape index (κ3) is 4.03. The van der Waals surface area contributed by atoms with E-state index in [1.54, 1.807) is 4.90 Å². The molecule has 0 bridgehead atoms. The molecule has 5 nitrogen and oxygen atoms in total. The van der Waals surface area contributed by atoms with Gasteiger partial charge in [-0.25, -0.2) is 4.79 Å². The molecular formula is C16H33NO4Si. The third-order valence-corrected chi connectivity index (χ3v) is 5.04. The summed E-state index contributed by atoms with van der Waals surface area (Å²) in [6, 6.07) is 0. The number of hydrogen-bond donors (Lipinski definition) is 1. The van der Waals surface area contributed by atoms with Gasteiger partial charge in [0.25, 0.3) is 0 Å². The Hall–Kier alpha value is -0.593. The highest BCUT2D eigenvalue weighted by Gasteiger charge is 2.58. The maximum atomic E-state index is 12.7. The van der Waals surface area contributed by atoms with Crippen LogP contribution in [0.25, 0.3) is 0 Å². The second-order valence-electron chi connectivity index (χ2n) is 8.47. The van der Waals surface area contributed by atoms with Crippen LogP contribution in [0.4, 0.5) is 4.79 Å². The summed E-state index contributed by atoms with van der Waals surface area (Å²) in [4.78, 5) is 14.4. The van der Waals surface area contributed by atoms with Crippen molar-refractivity contribution in [3.8, 4) is 0 Å². The van der Waals surface area contributed by atoms with Crippen molar-refractivity contribution in [1.29, 1.82) is 0 Å². The van der Waals surface area contributed by atoms with Crippen LogP contribution in [0, 0.1) is 5.41 Å². The summed E-state index contributed by atoms with van der Waals surface area (Å²) in [5.74, 6) is 0. The Bertz CT molecular complexity index is 400. The number of carbonyl (C=O) groups is 1. The molecule has 0 unspecified atom stereocenters. The van der Waals surface area contributed by atoms with Crippen LogP contribution in [-0.2, 0) is 9.16 Å². The van der Waals surface area contributed by atoms with Crippen LogP contribution in [0.2, 0.25) is 13.1 Å². The molecule has 0 aromatic rings. The van der Waals surface area contributed by atoms with E-state index < -0.39 is 26.3 Å². The van der Waals surface area contributed by atoms with Gasteiger partial charge in [0.2, 0.25) is 0 Å². The van der Waals surface area contributed by atoms with E-state index in [1.165, 1.54) is 0 Å². The lowest BCUT2D eigenvalue weighted by atomic mass is 9.71. The number of nitrogens with zero attached hydrogens (tertiary/aromatic N) is 1. The summed E-state index contributed by atoms with van der Waals surface area (Å²) in [5, 5.41) is 10.7. The molecule has 0 aromatic carbocycles. The van der Waals surface area contributed by atoms with Gasteiger partial charge in [0.15, 0.2) is 9.04 Å². The molecule has 0 radical (unpaired) electrons. The van der Waals surface area contributed by atoms with E-state index in [0.717, 1.165) is 0 Å². The lowest BCUT2D eigenvalue weighted by Crippen LogP contribution is -2.64. The van der Waals surface area contributed by atoms with E-state index in [2.05, 4.69) is 13.1 Å². The Morgan fingerprint density at radius 3 is 2.23 bits per heavy atom. The van der Waals surface area contributed by atoms with Gasteiger partial charge in [-0.05, 0) is 45.7 Å². The fourth-order valence-electron chi connectivity index (χ4n) is 3.03. The molecule has 130 valence electrons. The van der Waals surface area contributed by atoms with Gasteiger partial charge in [-0.1, -0.05) is 20.8 Å². The van der Waals surface area contributed by atoms with Gasteiger partial charge in [0.05, 0.1) is 18.2 Å². The first-order valence-electron chi connectivity index (χ1n) is 8.11. The smallest absolute Gasteiger partial charge is 0.410 e. The molecular weight excluding hydrogens is 298 g/mol. The minimum Gasteiger partial charge on any atom is -0.444 e. The van der Waals surface area contributed by atoms with Gasteiger partial charge in [-0.2, -0.15) is 0 Å². The van der Waals surface area contributed by atoms with Crippen molar-refractivity contribution in [2.75, 3.05) is 13.2 Å². The Labute approximate surface area is 136 Å². The average Bonchev–Trinajstić information content (AvgIpc) is 2.61. The van der Waals surface area contributed by atoms with Crippen LogP contribution in [-0.4, -0.2) is 55.5 Å². The van der Waals surface area contributed by atoms with E-state index in [-0.39, 0.29) is 11.5 Å². The number of rotatable bonds is 3. The predicted molar refractivity (Wildman–Crippen MR) is 90.6 cm³/mol. The molecule has 1 N–H and O–H groups in total. The maximum absolute atomic E-state index is 12.7. The standard InChI is InChI=1S/C16H33NO4Si/c1-14(2,3)16(11-20-22(7)8)12(18)9-10-17(16)13(19)21-15(4,5)6/h12,18,22H,9-11H2,1-8H3/t12-,16+/m0/s1. The molecule has 1 heterocycles. The molecule has 1 aliphatic heterocycles. The van der Waals surface area contributed by atoms with Crippen LogP contribution in [0.15, 0.2) is 0 Å². The first-order valence-corrected chi connectivity index (χ1v) is 10.9. The second kappa shape index (κ2) is 6.49. The van der Waals surface area contributed by atoms with E-state index >= 15 is 0 Å². The van der Waals surface area contributed by atoms with Gasteiger partial charge >= 0.3 is 6.09 Å². The Balaban J connectivity index is 3.15. The summed E-state index contributed by atoms with van der Waals surface area (Å²) in [6.45, 7) is 16.7. The molecule has 1 rings (SSSR count). The van der Waals surface area contributed by atoms with Crippen molar-refractivity contribution in [2.45, 2.75) is 78.3 Å². The minimum atomic E-state index is -1.26. The van der Waals surface area contributed by atoms with Crippen molar-refractivity contribution in [3.05, 3.63) is 0 Å². The summed E-state index contributed by atoms with van der Waals surface area (Å²) in [7, 11) is -1.26. The first-order chi connectivity index (χ1) is 9.81. The third-order valence-electron chi connectivity index (χ3n) is 4.21. The molecule has 1 fully saturated rings. The number of carbonyl (C=O) groups excluding carboxylic acids is 1. The molecule has 1 saturated heterocycles. The number of amides is 1. The van der Waals surface area contributed by atoms with Crippen LogP contribution in [0.5, 0.6) is 0 Å². The molecule has 0 aromatic heterocycles. The van der Waals surface area contributed by atoms with E-state index in [1.807, 2.05) is 41.5 Å². The minimum absolute atomic E-state index is 0.316. The van der Waals surface area contributed by atoms with Gasteiger partial charge in [0.1, 0.15) is 5.60 Å². The normalized spacial score (nSPS) is 26.6. The fourth-order valence-corrected chi connectivity index (χ4v) is 3.62. The molecule has 0 spiro atoms. The van der Waals surface area contributed by atoms with Gasteiger partial charge < -0.3 is 14.3 Å². The second-order valence-corrected chi connectivity index (χ2v) is 10.9. The van der Waals surface area contributed by atoms with Crippen molar-refractivity contribution < 1.29 is 19.1 Å². The molecule has 6 heteroatoms. The fraction of sp³-hybridized carbons (Fsp3) is 0.938. The number of aliphatic hydroxyl groups is 1. The monoisotopic (exact) mass is 331 g/mol. The average molecular weight is 332 g/mol. The van der Waals surface area contributed by atoms with Crippen LogP contribution in [0.1, 0.15) is 48.0 Å². The Morgan fingerprint density at radius 2 is 1.82 bits per heavy atom. The van der Waals surface area contributed by atoms with Gasteiger partial charge in [0, 0.05) is 6.54 Å². The number of aliphatic hydroxyl groups excluding tert-OH is 1. The van der Waals surface area contributed by atoms with Gasteiger partial charge in [-0.3, -0.25) is 4.90 Å². The SMILES string of the molecule is C[SiH](C)OC[C@]1(C(C)(C)C)[C@@H](O)CCN1C(=O)OC(C)(C)C. The molecule has 1 amide bonds. The highest BCUT2D eigenvalue weighted by molar-refractivity contribution is 6.48. The van der Waals surface area contributed by atoms with Crippen molar-refractivity contribution in [1.82, 2.24) is 4.90 Å². The summed E-state index contributed by atoms with van der Waals surface area (Å²) in [5.41, 5.74) is -1.61. The van der Waals surface area contributed by atoms with E-state index in [4.69, 9.17) is 9.16 Å². The maximum Gasteiger partial charge on any atom is 0.410 e. The van der Waals surface area contributed by atoms with Crippen molar-refractivity contribution in [3.63, 3.8) is 0 Å². The van der Waals surface area contributed by atoms with E-state index in [9.17, 15) is 9.90 Å². The highest BCUT2D eigenvalue weighted by atomic mass is 28.3. The molecule has 2 atom stereocenters. The van der Waals surface area contributed by atoms with Crippen LogP contribution >= 0.6 is 0 Å². The molecule has 0 aliphatic carbocycles. The van der Waals surface area contributed by atoms with Crippen molar-refractivity contribution in [2.24, 2.45) is 5.41 Å². The summed E-state index contributed by atoms with van der Waals surface area (Å²) >= 11 is 0. The lowest BCUT2D eigenvalue weighted by molar-refractivity contribution is -0.0813. The van der Waals surface area contributed by atoms with Gasteiger partial charge in [-0.15, -0.1) is 0 Å². The predicted octanol–water partition coefficient (Wildman–Crippen LogP) is 2.77. The topological polar surface area (TPSA) is 59.0 Å². The Morgan fingerprint density at radius 1 is 1.27 bits per heavy atom. The highest BCUT2D eigenvalue weighted by Crippen LogP contribution is 2.44. The van der Waals surface area contributed by atoms with Crippen LogP contribution in [0.3, 0.4) is 0 Å². The zero-order valence-corrected chi connectivity index (χ0v) is 16.5.